The minimum absolute atomic E-state index is 0.141. The van der Waals surface area contributed by atoms with E-state index in [2.05, 4.69) is 29.5 Å². The van der Waals surface area contributed by atoms with Crippen LogP contribution in [0.25, 0.3) is 16.2 Å². The Hall–Kier alpha value is -2.92. The van der Waals surface area contributed by atoms with Crippen LogP contribution in [-0.2, 0) is 17.6 Å². The Labute approximate surface area is 161 Å². The molecule has 134 valence electrons. The number of thiazole rings is 1. The molecule has 1 atom stereocenters. The van der Waals surface area contributed by atoms with E-state index in [1.165, 1.54) is 5.56 Å². The van der Waals surface area contributed by atoms with E-state index in [-0.39, 0.29) is 11.9 Å². The molecule has 1 amide bonds. The van der Waals surface area contributed by atoms with Crippen molar-refractivity contribution in [1.82, 2.24) is 9.38 Å². The molecule has 4 nitrogen and oxygen atoms in total. The van der Waals surface area contributed by atoms with E-state index >= 15 is 0 Å². The van der Waals surface area contributed by atoms with Crippen LogP contribution in [0.15, 0.2) is 66.2 Å². The van der Waals surface area contributed by atoms with Crippen LogP contribution in [-0.4, -0.2) is 21.3 Å². The maximum absolute atomic E-state index is 13.1. The van der Waals surface area contributed by atoms with E-state index in [1.54, 1.807) is 11.3 Å². The molecule has 2 aromatic heterocycles. The zero-order valence-corrected chi connectivity index (χ0v) is 15.8. The van der Waals surface area contributed by atoms with Crippen LogP contribution >= 0.6 is 11.3 Å². The van der Waals surface area contributed by atoms with Crippen LogP contribution in [0.1, 0.15) is 18.2 Å². The molecular formula is C22H19N3OS. The molecule has 0 saturated carbocycles. The highest BCUT2D eigenvalue weighted by atomic mass is 32.1. The molecule has 0 spiro atoms. The lowest BCUT2D eigenvalue weighted by molar-refractivity contribution is -0.118. The van der Waals surface area contributed by atoms with E-state index in [0.717, 1.165) is 34.0 Å². The number of benzene rings is 2. The maximum Gasteiger partial charge on any atom is 0.233 e. The number of para-hydroxylation sites is 1. The predicted octanol–water partition coefficient (Wildman–Crippen LogP) is 4.58. The molecule has 4 aromatic rings. The van der Waals surface area contributed by atoms with Gasteiger partial charge in [-0.15, -0.1) is 11.3 Å². The topological polar surface area (TPSA) is 37.6 Å². The quantitative estimate of drug-likeness (QED) is 0.527. The van der Waals surface area contributed by atoms with Crippen molar-refractivity contribution in [1.29, 1.82) is 0 Å². The fourth-order valence-electron chi connectivity index (χ4n) is 3.89. The van der Waals surface area contributed by atoms with Crippen molar-refractivity contribution in [3.63, 3.8) is 0 Å². The highest BCUT2D eigenvalue weighted by molar-refractivity contribution is 7.15. The summed E-state index contributed by atoms with van der Waals surface area (Å²) in [7, 11) is 0. The molecule has 0 bridgehead atoms. The van der Waals surface area contributed by atoms with Gasteiger partial charge in [0.25, 0.3) is 0 Å². The monoisotopic (exact) mass is 373 g/mol. The van der Waals surface area contributed by atoms with Gasteiger partial charge in [0.2, 0.25) is 5.91 Å². The number of hydrogen-bond donors (Lipinski definition) is 0. The fraction of sp³-hybridized carbons (Fsp3) is 0.182. The highest BCUT2D eigenvalue weighted by Gasteiger charge is 2.30. The lowest BCUT2D eigenvalue weighted by atomic mass is 10.1. The summed E-state index contributed by atoms with van der Waals surface area (Å²) < 4.78 is 2.05. The van der Waals surface area contributed by atoms with Gasteiger partial charge in [0.1, 0.15) is 0 Å². The largest absolute Gasteiger partial charge is 0.309 e. The molecule has 0 fully saturated rings. The molecule has 2 aromatic carbocycles. The molecule has 0 N–H and O–H groups in total. The first-order valence-electron chi connectivity index (χ1n) is 9.11. The van der Waals surface area contributed by atoms with E-state index in [1.807, 2.05) is 52.9 Å². The lowest BCUT2D eigenvalue weighted by Crippen LogP contribution is -2.37. The summed E-state index contributed by atoms with van der Waals surface area (Å²) in [6.45, 7) is 2.12. The second-order valence-electron chi connectivity index (χ2n) is 6.99. The number of hydrogen-bond acceptors (Lipinski definition) is 3. The van der Waals surface area contributed by atoms with Crippen LogP contribution < -0.4 is 4.90 Å². The zero-order valence-electron chi connectivity index (χ0n) is 15.0. The molecule has 5 heteroatoms. The van der Waals surface area contributed by atoms with E-state index in [0.29, 0.717) is 6.42 Å². The number of rotatable bonds is 3. The van der Waals surface area contributed by atoms with Crippen molar-refractivity contribution >= 4 is 27.9 Å². The maximum atomic E-state index is 13.1. The second kappa shape index (κ2) is 6.35. The number of aromatic nitrogens is 2. The summed E-state index contributed by atoms with van der Waals surface area (Å²) in [5.74, 6) is 0.141. The lowest BCUT2D eigenvalue weighted by Gasteiger charge is -2.22. The van der Waals surface area contributed by atoms with Crippen LogP contribution in [0.4, 0.5) is 5.69 Å². The van der Waals surface area contributed by atoms with Gasteiger partial charge in [-0.1, -0.05) is 48.5 Å². The van der Waals surface area contributed by atoms with Gasteiger partial charge < -0.3 is 4.90 Å². The average Bonchev–Trinajstić information content (AvgIpc) is 3.35. The standard InChI is InChI=1S/C22H19N3OS/c1-15-11-17-9-5-6-10-20(17)25(15)21(26)12-18-14-27-22-23-19(13-24(18)22)16-7-3-2-4-8-16/h2-10,13-15H,11-12H2,1H3. The molecule has 0 radical (unpaired) electrons. The summed E-state index contributed by atoms with van der Waals surface area (Å²) in [5, 5.41) is 2.04. The van der Waals surface area contributed by atoms with Gasteiger partial charge in [-0.25, -0.2) is 4.98 Å². The number of anilines is 1. The molecule has 1 aliphatic rings. The SMILES string of the molecule is CC1Cc2ccccc2N1C(=O)Cc1csc2nc(-c3ccccc3)cn12. The van der Waals surface area contributed by atoms with E-state index < -0.39 is 0 Å². The van der Waals surface area contributed by atoms with Gasteiger partial charge in [0.15, 0.2) is 4.96 Å². The molecular weight excluding hydrogens is 354 g/mol. The van der Waals surface area contributed by atoms with Crippen LogP contribution in [0.3, 0.4) is 0 Å². The smallest absolute Gasteiger partial charge is 0.233 e. The third-order valence-corrected chi connectivity index (χ3v) is 6.05. The van der Waals surface area contributed by atoms with Crippen LogP contribution in [0.5, 0.6) is 0 Å². The number of carbonyl (C=O) groups excluding carboxylic acids is 1. The van der Waals surface area contributed by atoms with Gasteiger partial charge in [-0.2, -0.15) is 0 Å². The summed E-state index contributed by atoms with van der Waals surface area (Å²) >= 11 is 1.58. The molecule has 3 heterocycles. The van der Waals surface area contributed by atoms with E-state index in [4.69, 9.17) is 4.98 Å². The number of nitrogens with zero attached hydrogens (tertiary/aromatic N) is 3. The molecule has 0 saturated heterocycles. The normalized spacial score (nSPS) is 16.0. The minimum atomic E-state index is 0.141. The Bertz CT molecular complexity index is 1130. The summed E-state index contributed by atoms with van der Waals surface area (Å²) in [5.41, 5.74) is 5.33. The van der Waals surface area contributed by atoms with Gasteiger partial charge in [0.05, 0.1) is 12.1 Å². The van der Waals surface area contributed by atoms with Gasteiger partial charge in [-0.05, 0) is 25.0 Å². The van der Waals surface area contributed by atoms with Gasteiger partial charge >= 0.3 is 0 Å². The van der Waals surface area contributed by atoms with Crippen molar-refractivity contribution in [2.75, 3.05) is 4.90 Å². The van der Waals surface area contributed by atoms with Crippen molar-refractivity contribution < 1.29 is 4.79 Å². The Morgan fingerprint density at radius 3 is 2.78 bits per heavy atom. The molecule has 1 aliphatic heterocycles. The first kappa shape index (κ1) is 16.3. The van der Waals surface area contributed by atoms with Gasteiger partial charge in [-0.3, -0.25) is 9.20 Å². The summed E-state index contributed by atoms with van der Waals surface area (Å²) in [6.07, 6.45) is 3.33. The Morgan fingerprint density at radius 1 is 1.15 bits per heavy atom. The second-order valence-corrected chi connectivity index (χ2v) is 7.83. The van der Waals surface area contributed by atoms with Gasteiger partial charge in [0, 0.05) is 34.6 Å². The van der Waals surface area contributed by atoms with Crippen molar-refractivity contribution in [3.05, 3.63) is 77.4 Å². The van der Waals surface area contributed by atoms with Crippen molar-refractivity contribution in [3.8, 4) is 11.3 Å². The molecule has 0 aliphatic carbocycles. The Morgan fingerprint density at radius 2 is 1.93 bits per heavy atom. The Balaban J connectivity index is 1.45. The fourth-order valence-corrected chi connectivity index (χ4v) is 4.76. The average molecular weight is 373 g/mol. The molecule has 5 rings (SSSR count). The number of amides is 1. The van der Waals surface area contributed by atoms with Crippen LogP contribution in [0.2, 0.25) is 0 Å². The van der Waals surface area contributed by atoms with Crippen molar-refractivity contribution in [2.45, 2.75) is 25.8 Å². The van der Waals surface area contributed by atoms with Crippen molar-refractivity contribution in [2.24, 2.45) is 0 Å². The summed E-state index contributed by atoms with van der Waals surface area (Å²) in [4.78, 5) is 20.7. The first-order chi connectivity index (χ1) is 13.2. The molecule has 1 unspecified atom stereocenters. The molecule has 27 heavy (non-hydrogen) atoms. The predicted molar refractivity (Wildman–Crippen MR) is 109 cm³/mol. The number of carbonyl (C=O) groups is 1. The Kier molecular flexibility index (Phi) is 3.83. The third kappa shape index (κ3) is 2.75. The first-order valence-corrected chi connectivity index (χ1v) is 9.99. The van der Waals surface area contributed by atoms with E-state index in [9.17, 15) is 4.79 Å². The van der Waals surface area contributed by atoms with Crippen LogP contribution in [0, 0.1) is 0 Å². The minimum Gasteiger partial charge on any atom is -0.309 e. The highest BCUT2D eigenvalue weighted by Crippen LogP contribution is 2.32. The zero-order chi connectivity index (χ0) is 18.4. The summed E-state index contributed by atoms with van der Waals surface area (Å²) in [6, 6.07) is 18.5. The number of imidazole rings is 1. The number of fused-ring (bicyclic) bond motifs is 2. The third-order valence-electron chi connectivity index (χ3n) is 5.16.